The fraction of sp³-hybridized carbons (Fsp3) is 0.100. The molecule has 26 heavy (non-hydrogen) atoms. The van der Waals surface area contributed by atoms with Crippen molar-refractivity contribution in [1.29, 1.82) is 0 Å². The van der Waals surface area contributed by atoms with Crippen LogP contribution in [-0.4, -0.2) is 25.0 Å². The van der Waals surface area contributed by atoms with Crippen molar-refractivity contribution in [2.45, 2.75) is 0 Å². The van der Waals surface area contributed by atoms with Crippen molar-refractivity contribution in [3.8, 4) is 5.75 Å². The maximum atomic E-state index is 12.7. The van der Waals surface area contributed by atoms with Crippen molar-refractivity contribution in [1.82, 2.24) is 4.98 Å². The topological polar surface area (TPSA) is 55.6 Å². The highest BCUT2D eigenvalue weighted by Crippen LogP contribution is 2.27. The van der Waals surface area contributed by atoms with Crippen LogP contribution in [0.1, 0.15) is 10.6 Å². The molecule has 0 spiro atoms. The summed E-state index contributed by atoms with van der Waals surface area (Å²) in [5.41, 5.74) is 1.89. The first-order valence-corrected chi connectivity index (χ1v) is 8.35. The predicted octanol–water partition coefficient (Wildman–Crippen LogP) is 4.92. The smallest absolute Gasteiger partial charge is 0.293 e. The Balaban J connectivity index is 1.72. The number of halogens is 1. The Morgan fingerprint density at radius 2 is 1.85 bits per heavy atom. The number of carbonyl (C=O) groups is 1. The Hall–Kier alpha value is -3.05. The lowest BCUT2D eigenvalue weighted by Gasteiger charge is -2.15. The van der Waals surface area contributed by atoms with Gasteiger partial charge in [0.2, 0.25) is 5.71 Å². The third kappa shape index (κ3) is 2.86. The van der Waals surface area contributed by atoms with E-state index < -0.39 is 0 Å². The van der Waals surface area contributed by atoms with Gasteiger partial charge < -0.3 is 14.1 Å². The van der Waals surface area contributed by atoms with E-state index in [0.717, 1.165) is 27.7 Å². The Labute approximate surface area is 154 Å². The van der Waals surface area contributed by atoms with Gasteiger partial charge in [-0.3, -0.25) is 4.79 Å². The zero-order chi connectivity index (χ0) is 18.3. The van der Waals surface area contributed by atoms with Crippen LogP contribution in [0.3, 0.4) is 0 Å². The summed E-state index contributed by atoms with van der Waals surface area (Å²) in [4.78, 5) is 18.8. The average molecular weight is 367 g/mol. The molecular weight excluding hydrogens is 352 g/mol. The van der Waals surface area contributed by atoms with Crippen LogP contribution >= 0.6 is 11.6 Å². The second-order valence-corrected chi connectivity index (χ2v) is 6.33. The number of nitrogens with zero attached hydrogens (tertiary/aromatic N) is 2. The lowest BCUT2D eigenvalue weighted by Crippen LogP contribution is -2.25. The van der Waals surface area contributed by atoms with Gasteiger partial charge in [0.25, 0.3) is 5.91 Å². The molecule has 1 amide bonds. The Bertz CT molecular complexity index is 1120. The monoisotopic (exact) mass is 366 g/mol. The molecule has 0 atom stereocenters. The normalized spacial score (nSPS) is 11.0. The number of aromatic nitrogens is 1. The van der Waals surface area contributed by atoms with Gasteiger partial charge in [0.1, 0.15) is 5.75 Å². The van der Waals surface area contributed by atoms with Crippen LogP contribution in [-0.2, 0) is 0 Å². The minimum Gasteiger partial charge on any atom is -0.497 e. The van der Waals surface area contributed by atoms with Crippen LogP contribution in [0.4, 0.5) is 5.69 Å². The Kier molecular flexibility index (Phi) is 4.01. The molecule has 0 aliphatic carbocycles. The molecule has 2 heterocycles. The highest BCUT2D eigenvalue weighted by atomic mass is 35.5. The van der Waals surface area contributed by atoms with Gasteiger partial charge in [0, 0.05) is 34.6 Å². The Morgan fingerprint density at radius 3 is 2.58 bits per heavy atom. The van der Waals surface area contributed by atoms with E-state index in [0.29, 0.717) is 10.7 Å². The molecule has 0 aliphatic rings. The predicted molar refractivity (Wildman–Crippen MR) is 102 cm³/mol. The molecule has 4 aromatic rings. The van der Waals surface area contributed by atoms with Crippen molar-refractivity contribution >= 4 is 45.2 Å². The van der Waals surface area contributed by atoms with Crippen LogP contribution in [0, 0.1) is 0 Å². The maximum absolute atomic E-state index is 12.7. The molecule has 4 rings (SSSR count). The largest absolute Gasteiger partial charge is 0.497 e. The number of anilines is 1. The van der Waals surface area contributed by atoms with Crippen molar-refractivity contribution < 1.29 is 13.9 Å². The number of furan rings is 1. The van der Waals surface area contributed by atoms with Crippen molar-refractivity contribution in [2.24, 2.45) is 0 Å². The van der Waals surface area contributed by atoms with E-state index in [1.54, 1.807) is 44.5 Å². The first-order chi connectivity index (χ1) is 12.5. The summed E-state index contributed by atoms with van der Waals surface area (Å²) in [5, 5.41) is 2.34. The number of hydrogen-bond acceptors (Lipinski definition) is 4. The zero-order valence-corrected chi connectivity index (χ0v) is 14.9. The van der Waals surface area contributed by atoms with Gasteiger partial charge in [-0.1, -0.05) is 11.6 Å². The number of methoxy groups -OCH3 is 1. The second-order valence-electron chi connectivity index (χ2n) is 5.89. The van der Waals surface area contributed by atoms with Crippen LogP contribution in [0.2, 0.25) is 5.02 Å². The van der Waals surface area contributed by atoms with Gasteiger partial charge in [0.05, 0.1) is 12.6 Å². The van der Waals surface area contributed by atoms with E-state index in [9.17, 15) is 4.79 Å². The number of pyridine rings is 1. The highest BCUT2D eigenvalue weighted by Gasteiger charge is 2.19. The van der Waals surface area contributed by atoms with Crippen LogP contribution < -0.4 is 9.64 Å². The van der Waals surface area contributed by atoms with Crippen molar-refractivity contribution in [3.63, 3.8) is 0 Å². The number of ether oxygens (including phenoxy) is 1. The van der Waals surface area contributed by atoms with E-state index in [2.05, 4.69) is 4.98 Å². The summed E-state index contributed by atoms with van der Waals surface area (Å²) in [5.74, 6) is 0.689. The zero-order valence-electron chi connectivity index (χ0n) is 14.2. The highest BCUT2D eigenvalue weighted by molar-refractivity contribution is 6.30. The van der Waals surface area contributed by atoms with Gasteiger partial charge in [-0.2, -0.15) is 0 Å². The fourth-order valence-corrected chi connectivity index (χ4v) is 2.91. The molecule has 0 fully saturated rings. The summed E-state index contributed by atoms with van der Waals surface area (Å²) < 4.78 is 10.9. The summed E-state index contributed by atoms with van der Waals surface area (Å²) in [6, 6.07) is 16.3. The fourth-order valence-electron chi connectivity index (χ4n) is 2.79. The van der Waals surface area contributed by atoms with E-state index in [1.165, 1.54) is 4.90 Å². The average Bonchev–Trinajstić information content (AvgIpc) is 3.07. The van der Waals surface area contributed by atoms with Crippen LogP contribution in [0.15, 0.2) is 59.0 Å². The van der Waals surface area contributed by atoms with Gasteiger partial charge in [-0.15, -0.1) is 0 Å². The molecule has 2 aromatic heterocycles. The molecule has 0 bridgehead atoms. The molecule has 0 aliphatic heterocycles. The third-order valence-electron chi connectivity index (χ3n) is 4.24. The number of carbonyl (C=O) groups excluding carboxylic acids is 1. The second kappa shape index (κ2) is 6.35. The molecule has 0 radical (unpaired) electrons. The molecular formula is C20H15ClN2O3. The van der Waals surface area contributed by atoms with Crippen LogP contribution in [0.25, 0.3) is 22.0 Å². The number of hydrogen-bond donors (Lipinski definition) is 0. The number of rotatable bonds is 3. The van der Waals surface area contributed by atoms with Gasteiger partial charge >= 0.3 is 0 Å². The summed E-state index contributed by atoms with van der Waals surface area (Å²) >= 11 is 5.90. The van der Waals surface area contributed by atoms with Crippen molar-refractivity contribution in [2.75, 3.05) is 19.1 Å². The molecule has 130 valence electrons. The lowest BCUT2D eigenvalue weighted by atomic mass is 10.2. The molecule has 6 heteroatoms. The molecule has 0 saturated heterocycles. The summed E-state index contributed by atoms with van der Waals surface area (Å²) in [7, 11) is 3.30. The third-order valence-corrected chi connectivity index (χ3v) is 4.49. The molecule has 5 nitrogen and oxygen atoms in total. The van der Waals surface area contributed by atoms with Gasteiger partial charge in [0.15, 0.2) is 5.76 Å². The van der Waals surface area contributed by atoms with E-state index in [1.807, 2.05) is 24.3 Å². The quantitative estimate of drug-likeness (QED) is 0.516. The molecule has 2 aromatic carbocycles. The summed E-state index contributed by atoms with van der Waals surface area (Å²) in [6.45, 7) is 0. The van der Waals surface area contributed by atoms with E-state index in [4.69, 9.17) is 20.8 Å². The lowest BCUT2D eigenvalue weighted by molar-refractivity contribution is 0.0968. The molecule has 0 saturated carbocycles. The number of fused-ring (bicyclic) bond motifs is 2. The van der Waals surface area contributed by atoms with E-state index >= 15 is 0 Å². The first kappa shape index (κ1) is 16.4. The number of amides is 1. The minimum atomic E-state index is -0.257. The molecule has 0 unspecified atom stereocenters. The van der Waals surface area contributed by atoms with Crippen molar-refractivity contribution in [3.05, 3.63) is 65.4 Å². The van der Waals surface area contributed by atoms with Crippen LogP contribution in [0.5, 0.6) is 5.75 Å². The van der Waals surface area contributed by atoms with E-state index in [-0.39, 0.29) is 11.7 Å². The maximum Gasteiger partial charge on any atom is 0.293 e. The first-order valence-electron chi connectivity index (χ1n) is 7.97. The molecule has 0 N–H and O–H groups in total. The summed E-state index contributed by atoms with van der Waals surface area (Å²) in [6.07, 6.45) is 0. The van der Waals surface area contributed by atoms with Gasteiger partial charge in [-0.25, -0.2) is 4.98 Å². The Morgan fingerprint density at radius 1 is 1.08 bits per heavy atom. The van der Waals surface area contributed by atoms with Gasteiger partial charge in [-0.05, 0) is 48.5 Å². The standard InChI is InChI=1S/C20H15ClN2O3/c1-23(15-6-4-14(21)5-7-15)20(24)18-10-13-9-12-3-8-16(25-2)11-17(12)22-19(13)26-18/h3-11H,1-2H3. The number of benzene rings is 2. The minimum absolute atomic E-state index is 0.229. The SMILES string of the molecule is COc1ccc2cc3cc(C(=O)N(C)c4ccc(Cl)cc4)oc3nc2c1.